The number of ether oxygens (including phenoxy) is 3. The maximum atomic E-state index is 13.9. The Morgan fingerprint density at radius 2 is 2.32 bits per heavy atom. The fourth-order valence-electron chi connectivity index (χ4n) is 4.96. The van der Waals surface area contributed by atoms with Gasteiger partial charge in [0.05, 0.1) is 38.0 Å². The van der Waals surface area contributed by atoms with Crippen molar-refractivity contribution in [1.82, 2.24) is 19.5 Å². The number of carbonyl (C=O) groups is 1. The number of aliphatic hydroxyl groups is 1. The second kappa shape index (κ2) is 6.15. The lowest BCUT2D eigenvalue weighted by Crippen LogP contribution is -2.43. The zero-order valence-electron chi connectivity index (χ0n) is 16.0. The van der Waals surface area contributed by atoms with Gasteiger partial charge in [0.25, 0.3) is 0 Å². The average molecular weight is 454 g/mol. The molecule has 4 aliphatic rings. The number of aromatic nitrogens is 4. The van der Waals surface area contributed by atoms with E-state index in [1.54, 1.807) is 4.57 Å². The Hall–Kier alpha value is -2.28. The molecular weight excluding hydrogens is 438 g/mol. The van der Waals surface area contributed by atoms with Gasteiger partial charge in [-0.15, -0.1) is 0 Å². The minimum atomic E-state index is -2.34. The normalized spacial score (nSPS) is 39.0. The summed E-state index contributed by atoms with van der Waals surface area (Å²) in [4.78, 5) is 34.6. The maximum absolute atomic E-state index is 13.9. The number of halogens is 1. The van der Waals surface area contributed by atoms with E-state index in [4.69, 9.17) is 23.8 Å². The Labute approximate surface area is 174 Å². The van der Waals surface area contributed by atoms with E-state index in [-0.39, 0.29) is 17.0 Å². The molecule has 2 saturated carbocycles. The lowest BCUT2D eigenvalue weighted by molar-refractivity contribution is -0.258. The molecule has 14 heteroatoms. The molecule has 12 nitrogen and oxygen atoms in total. The third kappa shape index (κ3) is 2.55. The van der Waals surface area contributed by atoms with Crippen molar-refractivity contribution in [2.45, 2.75) is 42.5 Å². The molecule has 0 amide bonds. The predicted octanol–water partition coefficient (Wildman–Crippen LogP) is -0.890. The van der Waals surface area contributed by atoms with Crippen LogP contribution in [0.4, 0.5) is 4.39 Å². The number of hydrogen-bond donors (Lipinski definition) is 2. The molecule has 2 bridgehead atoms. The molecule has 2 saturated heterocycles. The Bertz CT molecular complexity index is 1170. The van der Waals surface area contributed by atoms with Gasteiger partial charge in [-0.1, -0.05) is 0 Å². The van der Waals surface area contributed by atoms with E-state index in [0.717, 1.165) is 0 Å². The number of methoxy groups -OCH3 is 1. The molecule has 164 valence electrons. The fourth-order valence-corrected chi connectivity index (χ4v) is 6.20. The van der Waals surface area contributed by atoms with Gasteiger partial charge in [-0.3, -0.25) is 0 Å². The topological polar surface area (TPSA) is 161 Å². The monoisotopic (exact) mass is 454 g/mol. The van der Waals surface area contributed by atoms with Crippen molar-refractivity contribution in [3.63, 3.8) is 0 Å². The van der Waals surface area contributed by atoms with Gasteiger partial charge in [-0.05, 0) is 0 Å². The zero-order chi connectivity index (χ0) is 21.7. The highest BCUT2D eigenvalue weighted by Crippen LogP contribution is 2.72. The molecule has 4 unspecified atom stereocenters. The lowest BCUT2D eigenvalue weighted by Gasteiger charge is -2.33. The van der Waals surface area contributed by atoms with E-state index in [1.165, 1.54) is 13.4 Å². The molecule has 7 atom stereocenters. The zero-order valence-corrected chi connectivity index (χ0v) is 16.9. The number of fused-ring (bicyclic) bond motifs is 2. The molecular formula is C17H16FN4O8P. The first-order chi connectivity index (χ1) is 14.8. The second-order valence-corrected chi connectivity index (χ2v) is 9.33. The molecule has 2 aliphatic heterocycles. The van der Waals surface area contributed by atoms with E-state index in [2.05, 4.69) is 15.0 Å². The van der Waals surface area contributed by atoms with Gasteiger partial charge in [0.15, 0.2) is 28.9 Å². The van der Waals surface area contributed by atoms with Gasteiger partial charge in [0, 0.05) is 6.42 Å². The van der Waals surface area contributed by atoms with Crippen molar-refractivity contribution in [3.05, 3.63) is 12.4 Å². The summed E-state index contributed by atoms with van der Waals surface area (Å²) in [5.41, 5.74) is -0.483. The summed E-state index contributed by atoms with van der Waals surface area (Å²) >= 11 is 0. The molecule has 2 aromatic rings. The van der Waals surface area contributed by atoms with Gasteiger partial charge in [-0.25, -0.2) is 9.78 Å². The Morgan fingerprint density at radius 1 is 1.52 bits per heavy atom. The molecule has 0 aromatic carbocycles. The third-order valence-corrected chi connectivity index (χ3v) is 7.68. The molecule has 6 rings (SSSR count). The number of carboxylic acids is 1. The Balaban J connectivity index is 1.34. The predicted molar refractivity (Wildman–Crippen MR) is 96.5 cm³/mol. The standard InChI is InChI=1S/C17H16FN4O8P/c1-27-14-10-13(20-15(18)21-14)22(5-19-10)12-9-11(25)6-2-16(30-17(9,12)29-6)3-7(16)31(26)28-4-8(23)24/h5-6,9,11-12,25H,2-4H2,1H3,(H,23,24)/t6-,9-,11?,12+,16?,17?/m1/s1. The van der Waals surface area contributed by atoms with Gasteiger partial charge in [0.2, 0.25) is 13.9 Å². The van der Waals surface area contributed by atoms with E-state index in [1.807, 2.05) is 0 Å². The first-order valence-corrected chi connectivity index (χ1v) is 10.7. The number of aliphatic carboxylic acids is 1. The number of aliphatic hydroxyl groups excluding tert-OH is 1. The highest BCUT2D eigenvalue weighted by Gasteiger charge is 2.85. The molecule has 4 heterocycles. The summed E-state index contributed by atoms with van der Waals surface area (Å²) in [6, 6.07) is -0.542. The van der Waals surface area contributed by atoms with Crippen molar-refractivity contribution in [1.29, 1.82) is 0 Å². The molecule has 2 spiro atoms. The van der Waals surface area contributed by atoms with Crippen LogP contribution < -0.4 is 9.63 Å². The van der Waals surface area contributed by atoms with Crippen LogP contribution in [0.3, 0.4) is 0 Å². The highest BCUT2D eigenvalue weighted by molar-refractivity contribution is 7.48. The summed E-state index contributed by atoms with van der Waals surface area (Å²) in [5.74, 6) is -2.91. The number of imidazole rings is 1. The van der Waals surface area contributed by atoms with Crippen molar-refractivity contribution in [2.75, 3.05) is 13.7 Å². The molecule has 0 radical (unpaired) electrons. The number of carboxylic acid groups (broad SMARTS) is 1. The third-order valence-electron chi connectivity index (χ3n) is 6.31. The second-order valence-electron chi connectivity index (χ2n) is 8.01. The van der Waals surface area contributed by atoms with Crippen LogP contribution in [0.25, 0.3) is 11.2 Å². The molecule has 2 N–H and O–H groups in total. The quantitative estimate of drug-likeness (QED) is 0.426. The van der Waals surface area contributed by atoms with E-state index in [9.17, 15) is 19.2 Å². The lowest BCUT2D eigenvalue weighted by atomic mass is 10.0. The van der Waals surface area contributed by atoms with Gasteiger partial charge >= 0.3 is 12.0 Å². The summed E-state index contributed by atoms with van der Waals surface area (Å²) in [5, 5.41) is 20.0. The van der Waals surface area contributed by atoms with Crippen LogP contribution in [0.2, 0.25) is 0 Å². The van der Waals surface area contributed by atoms with E-state index < -0.39 is 62.2 Å². The van der Waals surface area contributed by atoms with Crippen LogP contribution in [-0.4, -0.2) is 78.3 Å². The molecule has 31 heavy (non-hydrogen) atoms. The minimum Gasteiger partial charge on any atom is -0.603 e. The summed E-state index contributed by atoms with van der Waals surface area (Å²) in [7, 11) is -1.000. The van der Waals surface area contributed by atoms with Crippen LogP contribution in [0.5, 0.6) is 5.88 Å². The first-order valence-electron chi connectivity index (χ1n) is 9.48. The van der Waals surface area contributed by atoms with Crippen LogP contribution in [0.1, 0.15) is 18.9 Å². The number of hydrogen-bond acceptors (Lipinski definition) is 10. The largest absolute Gasteiger partial charge is 0.603 e. The van der Waals surface area contributed by atoms with Crippen LogP contribution in [0.15, 0.2) is 6.33 Å². The number of rotatable bonds is 5. The van der Waals surface area contributed by atoms with Gasteiger partial charge in [0.1, 0.15) is 11.6 Å². The van der Waals surface area contributed by atoms with Gasteiger partial charge < -0.3 is 33.9 Å². The SMILES string of the molecule is COc1nc(F)nc2c1ncn2[C@H]1[C@H]2C(O)[C@H]3CC4(C/C4=[P+](\[O-])OCC(=O)O)OC21O3. The van der Waals surface area contributed by atoms with Crippen molar-refractivity contribution in [2.24, 2.45) is 5.92 Å². The van der Waals surface area contributed by atoms with Crippen LogP contribution in [0, 0.1) is 12.0 Å². The smallest absolute Gasteiger partial charge is 0.334 e. The van der Waals surface area contributed by atoms with Crippen LogP contribution in [-0.2, 0) is 18.8 Å². The highest BCUT2D eigenvalue weighted by atomic mass is 31.1. The summed E-state index contributed by atoms with van der Waals surface area (Å²) in [6.07, 6.45) is -0.337. The fraction of sp³-hybridized carbons (Fsp3) is 0.588. The van der Waals surface area contributed by atoms with Gasteiger partial charge in [-0.2, -0.15) is 18.9 Å². The Morgan fingerprint density at radius 3 is 3.06 bits per heavy atom. The van der Waals surface area contributed by atoms with Crippen LogP contribution >= 0.6 is 8.00 Å². The van der Waals surface area contributed by atoms with E-state index >= 15 is 0 Å². The minimum absolute atomic E-state index is 0.0182. The molecule has 2 aromatic heterocycles. The van der Waals surface area contributed by atoms with Crippen molar-refractivity contribution >= 4 is 30.4 Å². The summed E-state index contributed by atoms with van der Waals surface area (Å²) < 4.78 is 37.7. The maximum Gasteiger partial charge on any atom is 0.334 e. The summed E-state index contributed by atoms with van der Waals surface area (Å²) in [6.45, 7) is -0.679. The molecule has 2 aliphatic carbocycles. The Kier molecular flexibility index (Phi) is 3.85. The molecule has 4 fully saturated rings. The first kappa shape index (κ1) is 19.4. The van der Waals surface area contributed by atoms with Crippen molar-refractivity contribution in [3.8, 4) is 5.88 Å². The average Bonchev–Trinajstić information content (AvgIpc) is 3.48. The van der Waals surface area contributed by atoms with E-state index in [0.29, 0.717) is 18.1 Å². The number of nitrogens with zero attached hydrogens (tertiary/aromatic N) is 4. The van der Waals surface area contributed by atoms with Crippen molar-refractivity contribution < 1.29 is 43.0 Å².